The van der Waals surface area contributed by atoms with Crippen LogP contribution >= 0.6 is 58.3 Å². The molecule has 50 heavy (non-hydrogen) atoms. The number of nitrogens with two attached hydrogens (primary N) is 1. The van der Waals surface area contributed by atoms with Gasteiger partial charge in [0, 0.05) is 64.1 Å². The van der Waals surface area contributed by atoms with E-state index >= 15 is 0 Å². The van der Waals surface area contributed by atoms with Crippen LogP contribution in [0.15, 0.2) is 88.5 Å². The zero-order chi connectivity index (χ0) is 35.1. The highest BCUT2D eigenvalue weighted by atomic mass is 35.5. The number of hydrogen-bond acceptors (Lipinski definition) is 6. The van der Waals surface area contributed by atoms with Gasteiger partial charge in [-0.3, -0.25) is 0 Å². The van der Waals surface area contributed by atoms with E-state index < -0.39 is 0 Å². The molecular weight excluding hydrogens is 721 g/mol. The first-order chi connectivity index (χ1) is 23.5. The molecule has 0 amide bonds. The van der Waals surface area contributed by atoms with Crippen molar-refractivity contribution in [3.05, 3.63) is 137 Å². The number of aliphatic imine (C=N–C) groups is 1. The first-order valence-corrected chi connectivity index (χ1v) is 18.6. The minimum Gasteiger partial charge on any atom is -0.399 e. The van der Waals surface area contributed by atoms with Crippen LogP contribution in [0, 0.1) is 27.7 Å². The zero-order valence-electron chi connectivity index (χ0n) is 29.1. The van der Waals surface area contributed by atoms with Crippen LogP contribution in [0.25, 0.3) is 22.5 Å². The average Bonchev–Trinajstić information content (AvgIpc) is 3.75. The average molecular weight is 763 g/mol. The standard InChI is InChI=1S/C22H24ClN3S.C18H17ClN2S.ClH/c1-5-26(4)14-24-20-11-15(2)18(10-16(20)3)12-22-25-21(13-27-22)17-6-8-19(23)9-7-17;1-11-8-16(20)12(2)7-14(11)9-18-21-17(10-22-18)13-3-5-15(19)6-4-13;/h6-11,13-14H,5,12H2,1-4H3;3-8,10H,9,20H2,1-2H3;1H. The normalized spacial score (nSPS) is 10.9. The molecule has 0 bridgehead atoms. The van der Waals surface area contributed by atoms with Crippen LogP contribution in [0.1, 0.15) is 50.3 Å². The SMILES string of the molecule is CCN(C)C=Nc1cc(C)c(Cc2nc(-c3ccc(Cl)cc3)cs2)cc1C.Cc1cc(Cc2nc(-c3ccc(Cl)cc3)cs2)c(C)cc1N.Cl. The van der Waals surface area contributed by atoms with E-state index in [9.17, 15) is 0 Å². The van der Waals surface area contributed by atoms with Gasteiger partial charge in [-0.1, -0.05) is 59.6 Å². The summed E-state index contributed by atoms with van der Waals surface area (Å²) in [5.74, 6) is 0. The maximum Gasteiger partial charge on any atom is 0.0976 e. The van der Waals surface area contributed by atoms with E-state index in [-0.39, 0.29) is 12.4 Å². The monoisotopic (exact) mass is 761 g/mol. The lowest BCUT2D eigenvalue weighted by molar-refractivity contribution is 0.552. The summed E-state index contributed by atoms with van der Waals surface area (Å²) < 4.78 is 0. The van der Waals surface area contributed by atoms with Gasteiger partial charge in [0.2, 0.25) is 0 Å². The van der Waals surface area contributed by atoms with E-state index in [0.717, 1.165) is 78.9 Å². The second kappa shape index (κ2) is 18.0. The number of aromatic nitrogens is 2. The first-order valence-electron chi connectivity index (χ1n) is 16.1. The molecular formula is C40H42Cl3N5S2. The molecule has 0 fully saturated rings. The molecule has 0 spiro atoms. The third-order valence-corrected chi connectivity index (χ3v) is 10.5. The molecule has 2 N–H and O–H groups in total. The van der Waals surface area contributed by atoms with Gasteiger partial charge in [0.15, 0.2) is 0 Å². The van der Waals surface area contributed by atoms with Crippen molar-refractivity contribution in [1.29, 1.82) is 0 Å². The smallest absolute Gasteiger partial charge is 0.0976 e. The number of nitrogen functional groups attached to an aromatic ring is 1. The molecule has 0 saturated carbocycles. The Kier molecular flexibility index (Phi) is 14.0. The number of hydrogen-bond donors (Lipinski definition) is 1. The molecule has 2 heterocycles. The number of anilines is 1. The summed E-state index contributed by atoms with van der Waals surface area (Å²) in [4.78, 5) is 16.2. The maximum absolute atomic E-state index is 5.97. The highest BCUT2D eigenvalue weighted by Crippen LogP contribution is 2.29. The van der Waals surface area contributed by atoms with E-state index in [1.807, 2.05) is 74.9 Å². The summed E-state index contributed by atoms with van der Waals surface area (Å²) >= 11 is 15.3. The molecule has 6 aromatic rings. The fourth-order valence-corrected chi connectivity index (χ4v) is 7.04. The van der Waals surface area contributed by atoms with E-state index in [2.05, 4.69) is 66.5 Å². The Hall–Kier alpha value is -3.72. The second-order valence-electron chi connectivity index (χ2n) is 12.1. The lowest BCUT2D eigenvalue weighted by Gasteiger charge is -2.11. The topological polar surface area (TPSA) is 67.4 Å². The molecule has 0 saturated heterocycles. The molecule has 10 heteroatoms. The summed E-state index contributed by atoms with van der Waals surface area (Å²) in [5, 5.41) is 7.92. The lowest BCUT2D eigenvalue weighted by atomic mass is 10.0. The summed E-state index contributed by atoms with van der Waals surface area (Å²) in [5.41, 5.74) is 19.4. The van der Waals surface area contributed by atoms with Crippen LogP contribution in [0.2, 0.25) is 10.0 Å². The number of nitrogens with zero attached hydrogens (tertiary/aromatic N) is 4. The van der Waals surface area contributed by atoms with Gasteiger partial charge < -0.3 is 10.6 Å². The predicted molar refractivity (Wildman–Crippen MR) is 221 cm³/mol. The molecule has 0 unspecified atom stereocenters. The Morgan fingerprint density at radius 1 is 0.700 bits per heavy atom. The second-order valence-corrected chi connectivity index (χ2v) is 14.9. The Labute approximate surface area is 320 Å². The lowest BCUT2D eigenvalue weighted by Crippen LogP contribution is -2.14. The van der Waals surface area contributed by atoms with Gasteiger partial charge in [-0.05, 0) is 104 Å². The van der Waals surface area contributed by atoms with E-state index in [0.29, 0.717) is 0 Å². The van der Waals surface area contributed by atoms with Crippen molar-refractivity contribution in [3.63, 3.8) is 0 Å². The largest absolute Gasteiger partial charge is 0.399 e. The third kappa shape index (κ3) is 10.4. The van der Waals surface area contributed by atoms with Crippen molar-refractivity contribution in [2.45, 2.75) is 47.5 Å². The quantitative estimate of drug-likeness (QED) is 0.0905. The van der Waals surface area contributed by atoms with Gasteiger partial charge in [0.25, 0.3) is 0 Å². The number of aryl methyl sites for hydroxylation is 4. The van der Waals surface area contributed by atoms with E-state index in [4.69, 9.17) is 38.9 Å². The van der Waals surface area contributed by atoms with Gasteiger partial charge in [0.1, 0.15) is 0 Å². The number of halogens is 3. The van der Waals surface area contributed by atoms with Crippen LogP contribution in [-0.4, -0.2) is 34.8 Å². The maximum atomic E-state index is 5.97. The molecule has 2 aromatic heterocycles. The number of rotatable bonds is 9. The molecule has 0 aliphatic heterocycles. The van der Waals surface area contributed by atoms with Gasteiger partial charge >= 0.3 is 0 Å². The van der Waals surface area contributed by atoms with Gasteiger partial charge in [-0.25, -0.2) is 15.0 Å². The minimum atomic E-state index is 0. The van der Waals surface area contributed by atoms with Crippen molar-refractivity contribution >= 4 is 76.0 Å². The Morgan fingerprint density at radius 2 is 1.16 bits per heavy atom. The van der Waals surface area contributed by atoms with Gasteiger partial charge in [-0.2, -0.15) is 0 Å². The van der Waals surface area contributed by atoms with Crippen LogP contribution < -0.4 is 5.73 Å². The van der Waals surface area contributed by atoms with Crippen LogP contribution in [-0.2, 0) is 12.8 Å². The van der Waals surface area contributed by atoms with Crippen molar-refractivity contribution in [3.8, 4) is 22.5 Å². The molecule has 0 atom stereocenters. The van der Waals surface area contributed by atoms with Gasteiger partial charge in [-0.15, -0.1) is 35.1 Å². The molecule has 0 radical (unpaired) electrons. The number of benzene rings is 4. The summed E-state index contributed by atoms with van der Waals surface area (Å²) in [6, 6.07) is 24.2. The van der Waals surface area contributed by atoms with Crippen molar-refractivity contribution < 1.29 is 0 Å². The molecule has 0 aliphatic rings. The fourth-order valence-electron chi connectivity index (χ4n) is 5.14. The van der Waals surface area contributed by atoms with E-state index in [1.54, 1.807) is 22.7 Å². The highest BCUT2D eigenvalue weighted by molar-refractivity contribution is 7.10. The predicted octanol–water partition coefficient (Wildman–Crippen LogP) is 12.0. The number of thiazole rings is 2. The van der Waals surface area contributed by atoms with Crippen molar-refractivity contribution in [1.82, 2.24) is 14.9 Å². The van der Waals surface area contributed by atoms with Crippen molar-refractivity contribution in [2.75, 3.05) is 19.3 Å². The molecule has 0 aliphatic carbocycles. The van der Waals surface area contributed by atoms with Gasteiger partial charge in [0.05, 0.1) is 33.4 Å². The van der Waals surface area contributed by atoms with Crippen LogP contribution in [0.5, 0.6) is 0 Å². The Morgan fingerprint density at radius 3 is 1.64 bits per heavy atom. The zero-order valence-corrected chi connectivity index (χ0v) is 33.1. The molecule has 6 rings (SSSR count). The third-order valence-electron chi connectivity index (χ3n) is 8.34. The van der Waals surface area contributed by atoms with Crippen LogP contribution in [0.4, 0.5) is 11.4 Å². The summed E-state index contributed by atoms with van der Waals surface area (Å²) in [6.07, 6.45) is 3.57. The highest BCUT2D eigenvalue weighted by Gasteiger charge is 2.11. The van der Waals surface area contributed by atoms with Crippen LogP contribution in [0.3, 0.4) is 0 Å². The molecule has 4 aromatic carbocycles. The minimum absolute atomic E-state index is 0. The Balaban J connectivity index is 0.000000225. The summed E-state index contributed by atoms with van der Waals surface area (Å²) in [6.45, 7) is 11.4. The molecule has 5 nitrogen and oxygen atoms in total. The first kappa shape index (κ1) is 39.1. The Bertz CT molecular complexity index is 2050. The molecule has 260 valence electrons. The van der Waals surface area contributed by atoms with E-state index in [1.165, 1.54) is 27.8 Å². The van der Waals surface area contributed by atoms with Crippen molar-refractivity contribution in [2.24, 2.45) is 4.99 Å². The fraction of sp³-hybridized carbons (Fsp3) is 0.225. The summed E-state index contributed by atoms with van der Waals surface area (Å²) in [7, 11) is 2.03.